The first-order valence-electron chi connectivity index (χ1n) is 5.75. The lowest BCUT2D eigenvalue weighted by atomic mass is 10.3. The second-order valence-corrected chi connectivity index (χ2v) is 5.12. The molecule has 0 heterocycles. The van der Waals surface area contributed by atoms with E-state index < -0.39 is 0 Å². The molecule has 0 aromatic rings. The van der Waals surface area contributed by atoms with Crippen LogP contribution in [0.3, 0.4) is 0 Å². The fraction of sp³-hybridized carbons (Fsp3) is 0.909. The van der Waals surface area contributed by atoms with Crippen LogP contribution in [0.1, 0.15) is 33.6 Å². The van der Waals surface area contributed by atoms with E-state index >= 15 is 0 Å². The molecule has 90 valence electrons. The van der Waals surface area contributed by atoms with Crippen molar-refractivity contribution in [2.24, 2.45) is 0 Å². The molecule has 0 saturated carbocycles. The Morgan fingerprint density at radius 1 is 1.27 bits per heavy atom. The van der Waals surface area contributed by atoms with Gasteiger partial charge < -0.3 is 10.2 Å². The predicted octanol–water partition coefficient (Wildman–Crippen LogP) is 2.01. The minimum absolute atomic E-state index is 0.0722. The number of alkyl halides is 1. The lowest BCUT2D eigenvalue weighted by Crippen LogP contribution is -2.38. The van der Waals surface area contributed by atoms with Crippen molar-refractivity contribution in [3.63, 3.8) is 0 Å². The summed E-state index contributed by atoms with van der Waals surface area (Å²) in [4.78, 5) is 13.6. The Kier molecular flexibility index (Phi) is 9.10. The summed E-state index contributed by atoms with van der Waals surface area (Å²) in [6.07, 6.45) is 2.34. The molecular weight excluding hydrogens is 256 g/mol. The normalized spacial score (nSPS) is 12.9. The predicted molar refractivity (Wildman–Crippen MR) is 68.4 cm³/mol. The van der Waals surface area contributed by atoms with Crippen molar-refractivity contribution in [2.75, 3.05) is 26.2 Å². The van der Waals surface area contributed by atoms with Crippen LogP contribution in [0.15, 0.2) is 0 Å². The van der Waals surface area contributed by atoms with Crippen LogP contribution in [0, 0.1) is 0 Å². The van der Waals surface area contributed by atoms with Gasteiger partial charge in [0, 0.05) is 13.1 Å². The monoisotopic (exact) mass is 278 g/mol. The first-order chi connectivity index (χ1) is 7.11. The zero-order chi connectivity index (χ0) is 11.7. The van der Waals surface area contributed by atoms with Crippen LogP contribution < -0.4 is 5.32 Å². The molecule has 1 amide bonds. The van der Waals surface area contributed by atoms with Gasteiger partial charge in [-0.15, -0.1) is 0 Å². The number of hydrogen-bond donors (Lipinski definition) is 1. The van der Waals surface area contributed by atoms with Gasteiger partial charge in [0.1, 0.15) is 0 Å². The van der Waals surface area contributed by atoms with Gasteiger partial charge in [-0.1, -0.05) is 29.8 Å². The lowest BCUT2D eigenvalue weighted by Gasteiger charge is -2.21. The second-order valence-electron chi connectivity index (χ2n) is 3.75. The molecule has 0 rings (SSSR count). The lowest BCUT2D eigenvalue weighted by molar-refractivity contribution is -0.120. The standard InChI is InChI=1S/C11H23BrN2O/c1-4-7-14(8-5-2)9-6-13-11(15)10(3)12/h10H,4-9H2,1-3H3,(H,13,15). The Bertz CT molecular complexity index is 168. The van der Waals surface area contributed by atoms with Gasteiger partial charge in [0.2, 0.25) is 5.91 Å². The van der Waals surface area contributed by atoms with Crippen LogP contribution in [0.2, 0.25) is 0 Å². The van der Waals surface area contributed by atoms with E-state index in [0.717, 1.165) is 26.2 Å². The maximum Gasteiger partial charge on any atom is 0.233 e. The smallest absolute Gasteiger partial charge is 0.233 e. The van der Waals surface area contributed by atoms with E-state index in [0.29, 0.717) is 0 Å². The van der Waals surface area contributed by atoms with Crippen LogP contribution >= 0.6 is 15.9 Å². The molecule has 0 aliphatic heterocycles. The summed E-state index contributed by atoms with van der Waals surface area (Å²) in [5, 5.41) is 2.90. The first-order valence-corrected chi connectivity index (χ1v) is 6.67. The highest BCUT2D eigenvalue weighted by atomic mass is 79.9. The Morgan fingerprint density at radius 2 is 1.80 bits per heavy atom. The summed E-state index contributed by atoms with van der Waals surface area (Å²) >= 11 is 3.24. The molecule has 0 saturated heterocycles. The van der Waals surface area contributed by atoms with Crippen molar-refractivity contribution in [2.45, 2.75) is 38.4 Å². The van der Waals surface area contributed by atoms with Gasteiger partial charge in [0.25, 0.3) is 0 Å². The number of halogens is 1. The summed E-state index contributed by atoms with van der Waals surface area (Å²) in [6.45, 7) is 10.1. The number of nitrogens with zero attached hydrogens (tertiary/aromatic N) is 1. The van der Waals surface area contributed by atoms with E-state index in [9.17, 15) is 4.79 Å². The highest BCUT2D eigenvalue weighted by molar-refractivity contribution is 9.10. The molecule has 0 bridgehead atoms. The Labute approximate surface area is 102 Å². The van der Waals surface area contributed by atoms with E-state index in [1.807, 2.05) is 6.92 Å². The maximum absolute atomic E-state index is 11.3. The fourth-order valence-electron chi connectivity index (χ4n) is 1.45. The average Bonchev–Trinajstić information content (AvgIpc) is 2.18. The summed E-state index contributed by atoms with van der Waals surface area (Å²) < 4.78 is 0. The molecule has 3 nitrogen and oxygen atoms in total. The van der Waals surface area contributed by atoms with Crippen LogP contribution in [0.5, 0.6) is 0 Å². The van der Waals surface area contributed by atoms with E-state index in [1.54, 1.807) is 0 Å². The van der Waals surface area contributed by atoms with Crippen LogP contribution in [0.4, 0.5) is 0 Å². The molecule has 1 N–H and O–H groups in total. The molecule has 15 heavy (non-hydrogen) atoms. The third-order valence-corrected chi connectivity index (χ3v) is 2.58. The first kappa shape index (κ1) is 14.9. The molecule has 0 spiro atoms. The topological polar surface area (TPSA) is 32.3 Å². The SMILES string of the molecule is CCCN(CCC)CCNC(=O)C(C)Br. The quantitative estimate of drug-likeness (QED) is 0.689. The average molecular weight is 279 g/mol. The van der Waals surface area contributed by atoms with E-state index in [1.165, 1.54) is 12.8 Å². The molecule has 0 aromatic carbocycles. The summed E-state index contributed by atoms with van der Waals surface area (Å²) in [5.74, 6) is 0.0722. The molecule has 0 aliphatic rings. The molecule has 0 radical (unpaired) electrons. The largest absolute Gasteiger partial charge is 0.354 e. The molecule has 0 aliphatic carbocycles. The molecular formula is C11H23BrN2O. The van der Waals surface area contributed by atoms with Gasteiger partial charge in [-0.25, -0.2) is 0 Å². The van der Waals surface area contributed by atoms with E-state index in [-0.39, 0.29) is 10.7 Å². The fourth-order valence-corrected chi connectivity index (χ4v) is 1.61. The van der Waals surface area contributed by atoms with Crippen molar-refractivity contribution in [1.29, 1.82) is 0 Å². The van der Waals surface area contributed by atoms with Crippen molar-refractivity contribution in [3.8, 4) is 0 Å². The van der Waals surface area contributed by atoms with E-state index in [2.05, 4.69) is 40.0 Å². The Balaban J connectivity index is 3.65. The summed E-state index contributed by atoms with van der Waals surface area (Å²) in [6, 6.07) is 0. The maximum atomic E-state index is 11.3. The third-order valence-electron chi connectivity index (χ3n) is 2.17. The number of carbonyl (C=O) groups is 1. The van der Waals surface area contributed by atoms with Gasteiger partial charge in [-0.05, 0) is 32.9 Å². The molecule has 0 fully saturated rings. The molecule has 1 unspecified atom stereocenters. The molecule has 0 aromatic heterocycles. The van der Waals surface area contributed by atoms with Crippen LogP contribution in [-0.4, -0.2) is 41.8 Å². The summed E-state index contributed by atoms with van der Waals surface area (Å²) in [7, 11) is 0. The van der Waals surface area contributed by atoms with Crippen LogP contribution in [-0.2, 0) is 4.79 Å². The number of nitrogens with one attached hydrogen (secondary N) is 1. The minimum Gasteiger partial charge on any atom is -0.354 e. The van der Waals surface area contributed by atoms with Gasteiger partial charge in [0.15, 0.2) is 0 Å². The molecule has 1 atom stereocenters. The minimum atomic E-state index is -0.0942. The summed E-state index contributed by atoms with van der Waals surface area (Å²) in [5.41, 5.74) is 0. The Hall–Kier alpha value is -0.0900. The molecule has 4 heteroatoms. The number of rotatable bonds is 8. The zero-order valence-corrected chi connectivity index (χ0v) is 11.6. The van der Waals surface area contributed by atoms with Gasteiger partial charge in [0.05, 0.1) is 4.83 Å². The zero-order valence-electron chi connectivity index (χ0n) is 10.1. The number of hydrogen-bond acceptors (Lipinski definition) is 2. The van der Waals surface area contributed by atoms with Gasteiger partial charge >= 0.3 is 0 Å². The third kappa shape index (κ3) is 7.79. The van der Waals surface area contributed by atoms with E-state index in [4.69, 9.17) is 0 Å². The van der Waals surface area contributed by atoms with Gasteiger partial charge in [-0.2, -0.15) is 0 Å². The number of carbonyl (C=O) groups excluding carboxylic acids is 1. The van der Waals surface area contributed by atoms with Crippen molar-refractivity contribution in [3.05, 3.63) is 0 Å². The van der Waals surface area contributed by atoms with Crippen LogP contribution in [0.25, 0.3) is 0 Å². The van der Waals surface area contributed by atoms with Crippen molar-refractivity contribution >= 4 is 21.8 Å². The number of amides is 1. The van der Waals surface area contributed by atoms with Gasteiger partial charge in [-0.3, -0.25) is 4.79 Å². The highest BCUT2D eigenvalue weighted by Crippen LogP contribution is 1.96. The van der Waals surface area contributed by atoms with Crippen molar-refractivity contribution < 1.29 is 4.79 Å². The Morgan fingerprint density at radius 3 is 2.20 bits per heavy atom. The highest BCUT2D eigenvalue weighted by Gasteiger charge is 2.08. The van der Waals surface area contributed by atoms with Crippen molar-refractivity contribution in [1.82, 2.24) is 10.2 Å². The second kappa shape index (κ2) is 9.16.